The molecule has 3 aromatic rings. The molecule has 22 heavy (non-hydrogen) atoms. The van der Waals surface area contributed by atoms with Crippen LogP contribution in [0, 0.1) is 5.41 Å². The van der Waals surface area contributed by atoms with E-state index in [2.05, 4.69) is 0 Å². The van der Waals surface area contributed by atoms with Crippen molar-refractivity contribution in [2.24, 2.45) is 5.73 Å². The smallest absolute Gasteiger partial charge is 0.336 e. The van der Waals surface area contributed by atoms with Crippen LogP contribution in [0.25, 0.3) is 21.9 Å². The third kappa shape index (κ3) is 2.42. The van der Waals surface area contributed by atoms with E-state index in [9.17, 15) is 9.90 Å². The SMILES string of the molecule is N=C(N)c1ccc2cc(-c3ccccc3C(=O)O)ccc2c1. The molecule has 0 atom stereocenters. The van der Waals surface area contributed by atoms with Crippen molar-refractivity contribution in [2.45, 2.75) is 0 Å². The predicted octanol–water partition coefficient (Wildman–Crippen LogP) is 3.49. The van der Waals surface area contributed by atoms with Gasteiger partial charge in [0.15, 0.2) is 0 Å². The Kier molecular flexibility index (Phi) is 3.35. The Morgan fingerprint density at radius 1 is 0.955 bits per heavy atom. The fraction of sp³-hybridized carbons (Fsp3) is 0. The molecule has 0 unspecified atom stereocenters. The Bertz CT molecular complexity index is 900. The monoisotopic (exact) mass is 290 g/mol. The third-order valence-electron chi connectivity index (χ3n) is 3.62. The Hall–Kier alpha value is -3.14. The molecule has 4 nitrogen and oxygen atoms in total. The normalized spacial score (nSPS) is 10.5. The van der Waals surface area contributed by atoms with E-state index in [0.717, 1.165) is 16.3 Å². The van der Waals surface area contributed by atoms with Crippen molar-refractivity contribution in [3.05, 3.63) is 71.8 Å². The Morgan fingerprint density at radius 3 is 2.36 bits per heavy atom. The van der Waals surface area contributed by atoms with Crippen LogP contribution in [0.2, 0.25) is 0 Å². The van der Waals surface area contributed by atoms with Gasteiger partial charge in [-0.1, -0.05) is 42.5 Å². The lowest BCUT2D eigenvalue weighted by molar-refractivity contribution is 0.0697. The lowest BCUT2D eigenvalue weighted by Gasteiger charge is -2.08. The number of hydrogen-bond donors (Lipinski definition) is 3. The maximum absolute atomic E-state index is 11.3. The number of hydrogen-bond acceptors (Lipinski definition) is 2. The molecular formula is C18H14N2O2. The van der Waals surface area contributed by atoms with Gasteiger partial charge in [0.1, 0.15) is 5.84 Å². The number of aromatic carboxylic acids is 1. The van der Waals surface area contributed by atoms with Crippen molar-refractivity contribution in [1.82, 2.24) is 0 Å². The van der Waals surface area contributed by atoms with Crippen LogP contribution in [0.15, 0.2) is 60.7 Å². The first-order valence-corrected chi connectivity index (χ1v) is 6.77. The summed E-state index contributed by atoms with van der Waals surface area (Å²) in [5.41, 5.74) is 7.98. The second kappa shape index (κ2) is 5.33. The molecule has 0 saturated carbocycles. The number of nitrogens with two attached hydrogens (primary N) is 1. The molecule has 0 aliphatic rings. The number of carbonyl (C=O) groups is 1. The summed E-state index contributed by atoms with van der Waals surface area (Å²) in [4.78, 5) is 11.3. The van der Waals surface area contributed by atoms with E-state index >= 15 is 0 Å². The maximum atomic E-state index is 11.3. The topological polar surface area (TPSA) is 87.2 Å². The van der Waals surface area contributed by atoms with Gasteiger partial charge in [0.05, 0.1) is 5.56 Å². The van der Waals surface area contributed by atoms with E-state index in [-0.39, 0.29) is 11.4 Å². The summed E-state index contributed by atoms with van der Waals surface area (Å²) in [6, 6.07) is 18.2. The number of nitrogens with one attached hydrogen (secondary N) is 1. The van der Waals surface area contributed by atoms with Gasteiger partial charge >= 0.3 is 5.97 Å². The Balaban J connectivity index is 2.16. The second-order valence-corrected chi connectivity index (χ2v) is 5.04. The number of carboxylic acid groups (broad SMARTS) is 1. The summed E-state index contributed by atoms with van der Waals surface area (Å²) < 4.78 is 0. The van der Waals surface area contributed by atoms with E-state index in [1.54, 1.807) is 24.3 Å². The molecule has 4 N–H and O–H groups in total. The highest BCUT2D eigenvalue weighted by Crippen LogP contribution is 2.27. The van der Waals surface area contributed by atoms with Gasteiger partial charge in [-0.05, 0) is 40.1 Å². The van der Waals surface area contributed by atoms with Gasteiger partial charge in [-0.3, -0.25) is 5.41 Å². The molecule has 108 valence electrons. The average molecular weight is 290 g/mol. The van der Waals surface area contributed by atoms with Crippen molar-refractivity contribution in [3.63, 3.8) is 0 Å². The fourth-order valence-corrected chi connectivity index (χ4v) is 2.50. The number of nitrogen functional groups attached to an aromatic ring is 1. The molecule has 0 saturated heterocycles. The molecule has 0 aliphatic carbocycles. The molecule has 3 aromatic carbocycles. The molecule has 0 aliphatic heterocycles. The van der Waals surface area contributed by atoms with Gasteiger partial charge in [-0.15, -0.1) is 0 Å². The van der Waals surface area contributed by atoms with Crippen LogP contribution < -0.4 is 5.73 Å². The van der Waals surface area contributed by atoms with Crippen molar-refractivity contribution in [3.8, 4) is 11.1 Å². The van der Waals surface area contributed by atoms with E-state index in [1.165, 1.54) is 0 Å². The largest absolute Gasteiger partial charge is 0.478 e. The molecule has 0 radical (unpaired) electrons. The zero-order valence-corrected chi connectivity index (χ0v) is 11.7. The quantitative estimate of drug-likeness (QED) is 0.509. The number of amidine groups is 1. The lowest BCUT2D eigenvalue weighted by atomic mass is 9.96. The van der Waals surface area contributed by atoms with E-state index in [1.807, 2.05) is 36.4 Å². The highest BCUT2D eigenvalue weighted by atomic mass is 16.4. The molecule has 0 fully saturated rings. The molecular weight excluding hydrogens is 276 g/mol. The first-order chi connectivity index (χ1) is 10.6. The minimum Gasteiger partial charge on any atom is -0.478 e. The van der Waals surface area contributed by atoms with Gasteiger partial charge in [0, 0.05) is 5.56 Å². The molecule has 0 amide bonds. The van der Waals surface area contributed by atoms with E-state index in [4.69, 9.17) is 11.1 Å². The zero-order valence-electron chi connectivity index (χ0n) is 11.7. The van der Waals surface area contributed by atoms with Gasteiger partial charge < -0.3 is 10.8 Å². The first kappa shape index (κ1) is 13.8. The summed E-state index contributed by atoms with van der Waals surface area (Å²) >= 11 is 0. The average Bonchev–Trinajstić information content (AvgIpc) is 2.53. The number of rotatable bonds is 3. The van der Waals surface area contributed by atoms with Gasteiger partial charge in [-0.2, -0.15) is 0 Å². The van der Waals surface area contributed by atoms with Crippen molar-refractivity contribution < 1.29 is 9.90 Å². The molecule has 0 heterocycles. The molecule has 0 bridgehead atoms. The number of benzene rings is 3. The van der Waals surface area contributed by atoms with Crippen LogP contribution in [0.3, 0.4) is 0 Å². The first-order valence-electron chi connectivity index (χ1n) is 6.77. The van der Waals surface area contributed by atoms with Crippen molar-refractivity contribution in [1.29, 1.82) is 5.41 Å². The standard InChI is InChI=1S/C18H14N2O2/c19-17(20)14-8-6-11-9-13(7-5-12(11)10-14)15-3-1-2-4-16(15)18(21)22/h1-10H,(H3,19,20)(H,21,22). The minimum absolute atomic E-state index is 0.0298. The van der Waals surface area contributed by atoms with E-state index < -0.39 is 5.97 Å². The maximum Gasteiger partial charge on any atom is 0.336 e. The Morgan fingerprint density at radius 2 is 1.64 bits per heavy atom. The van der Waals surface area contributed by atoms with Crippen LogP contribution in [0.4, 0.5) is 0 Å². The highest BCUT2D eigenvalue weighted by molar-refractivity contribution is 6.01. The summed E-state index contributed by atoms with van der Waals surface area (Å²) in [7, 11) is 0. The van der Waals surface area contributed by atoms with E-state index in [0.29, 0.717) is 11.1 Å². The van der Waals surface area contributed by atoms with Crippen LogP contribution in [0.1, 0.15) is 15.9 Å². The number of fused-ring (bicyclic) bond motifs is 1. The highest BCUT2D eigenvalue weighted by Gasteiger charge is 2.11. The number of carboxylic acids is 1. The molecule has 4 heteroatoms. The molecule has 3 rings (SSSR count). The third-order valence-corrected chi connectivity index (χ3v) is 3.62. The summed E-state index contributed by atoms with van der Waals surface area (Å²) in [5.74, 6) is -0.912. The summed E-state index contributed by atoms with van der Waals surface area (Å²) in [5, 5.41) is 18.7. The van der Waals surface area contributed by atoms with Crippen LogP contribution >= 0.6 is 0 Å². The predicted molar refractivity (Wildman–Crippen MR) is 87.4 cm³/mol. The lowest BCUT2D eigenvalue weighted by Crippen LogP contribution is -2.10. The molecule has 0 aromatic heterocycles. The zero-order chi connectivity index (χ0) is 15.7. The summed E-state index contributed by atoms with van der Waals surface area (Å²) in [6.45, 7) is 0. The second-order valence-electron chi connectivity index (χ2n) is 5.04. The minimum atomic E-state index is -0.942. The molecule has 0 spiro atoms. The van der Waals surface area contributed by atoms with Crippen LogP contribution in [-0.2, 0) is 0 Å². The Labute approximate surface area is 127 Å². The van der Waals surface area contributed by atoms with Crippen LogP contribution in [0.5, 0.6) is 0 Å². The fourth-order valence-electron chi connectivity index (χ4n) is 2.50. The van der Waals surface area contributed by atoms with Gasteiger partial charge in [-0.25, -0.2) is 4.79 Å². The van der Waals surface area contributed by atoms with Crippen molar-refractivity contribution >= 4 is 22.6 Å². The summed E-state index contributed by atoms with van der Waals surface area (Å²) in [6.07, 6.45) is 0. The van der Waals surface area contributed by atoms with Crippen molar-refractivity contribution in [2.75, 3.05) is 0 Å². The van der Waals surface area contributed by atoms with Gasteiger partial charge in [0.2, 0.25) is 0 Å². The van der Waals surface area contributed by atoms with Crippen LogP contribution in [-0.4, -0.2) is 16.9 Å². The van der Waals surface area contributed by atoms with Gasteiger partial charge in [0.25, 0.3) is 0 Å².